The first-order valence-electron chi connectivity index (χ1n) is 6.36. The molecule has 6 nitrogen and oxygen atoms in total. The minimum atomic E-state index is -0.941. The molecule has 1 aliphatic heterocycles. The normalized spacial score (nSPS) is 18.6. The van der Waals surface area contributed by atoms with Gasteiger partial charge in [0.15, 0.2) is 0 Å². The number of aliphatic carboxylic acids is 1. The lowest BCUT2D eigenvalue weighted by Crippen LogP contribution is -2.49. The number of methoxy groups -OCH3 is 1. The lowest BCUT2D eigenvalue weighted by molar-refractivity contribution is -0.139. The summed E-state index contributed by atoms with van der Waals surface area (Å²) in [5, 5.41) is 8.90. The molecule has 0 aliphatic carbocycles. The Balaban J connectivity index is 2.18. The molecule has 1 unspecified atom stereocenters. The number of carboxylic acid groups (broad SMARTS) is 1. The molecular weight excluding hydrogens is 262 g/mol. The Morgan fingerprint density at radius 2 is 2.30 bits per heavy atom. The van der Waals surface area contributed by atoms with Gasteiger partial charge in [0.2, 0.25) is 0 Å². The predicted molar refractivity (Wildman–Crippen MR) is 70.9 cm³/mol. The summed E-state index contributed by atoms with van der Waals surface area (Å²) in [6.45, 7) is 1.07. The number of benzene rings is 1. The van der Waals surface area contributed by atoms with Crippen molar-refractivity contribution in [2.24, 2.45) is 0 Å². The molecule has 0 spiro atoms. The van der Waals surface area contributed by atoms with Gasteiger partial charge in [-0.15, -0.1) is 0 Å². The zero-order valence-corrected chi connectivity index (χ0v) is 11.2. The van der Waals surface area contributed by atoms with Crippen LogP contribution in [0, 0.1) is 0 Å². The second kappa shape index (κ2) is 6.38. The average molecular weight is 279 g/mol. The number of morpholine rings is 1. The van der Waals surface area contributed by atoms with Gasteiger partial charge in [0.05, 0.1) is 32.8 Å². The van der Waals surface area contributed by atoms with Crippen molar-refractivity contribution in [2.45, 2.75) is 12.5 Å². The van der Waals surface area contributed by atoms with Gasteiger partial charge in [-0.25, -0.2) is 0 Å². The Kier molecular flexibility index (Phi) is 4.57. The number of hydrogen-bond donors (Lipinski definition) is 1. The summed E-state index contributed by atoms with van der Waals surface area (Å²) in [7, 11) is 1.53. The van der Waals surface area contributed by atoms with E-state index in [0.717, 1.165) is 0 Å². The number of ether oxygens (including phenoxy) is 2. The van der Waals surface area contributed by atoms with Crippen molar-refractivity contribution in [3.8, 4) is 5.75 Å². The van der Waals surface area contributed by atoms with E-state index < -0.39 is 12.0 Å². The van der Waals surface area contributed by atoms with Crippen molar-refractivity contribution >= 4 is 11.9 Å². The van der Waals surface area contributed by atoms with Crippen LogP contribution in [0.25, 0.3) is 0 Å². The second-order valence-corrected chi connectivity index (χ2v) is 4.56. The number of carbonyl (C=O) groups excluding carboxylic acids is 1. The van der Waals surface area contributed by atoms with Gasteiger partial charge in [0.25, 0.3) is 5.91 Å². The van der Waals surface area contributed by atoms with Gasteiger partial charge >= 0.3 is 5.97 Å². The topological polar surface area (TPSA) is 76.1 Å². The molecule has 1 heterocycles. The Morgan fingerprint density at radius 1 is 1.50 bits per heavy atom. The smallest absolute Gasteiger partial charge is 0.305 e. The molecule has 1 amide bonds. The third-order valence-corrected chi connectivity index (χ3v) is 3.22. The Labute approximate surface area is 116 Å². The lowest BCUT2D eigenvalue weighted by Gasteiger charge is -2.34. The summed E-state index contributed by atoms with van der Waals surface area (Å²) in [6.07, 6.45) is -0.115. The standard InChI is InChI=1S/C14H17NO5/c1-19-12-4-2-3-10(7-12)14(18)15-5-6-20-9-11(15)8-13(16)17/h2-4,7,11H,5-6,8-9H2,1H3,(H,16,17). The first kappa shape index (κ1) is 14.3. The highest BCUT2D eigenvalue weighted by Crippen LogP contribution is 2.18. The molecule has 20 heavy (non-hydrogen) atoms. The Hall–Kier alpha value is -2.08. The Morgan fingerprint density at radius 3 is 3.00 bits per heavy atom. The third-order valence-electron chi connectivity index (χ3n) is 3.22. The first-order chi connectivity index (χ1) is 9.61. The van der Waals surface area contributed by atoms with E-state index in [4.69, 9.17) is 14.6 Å². The van der Waals surface area contributed by atoms with Gasteiger partial charge in [0.1, 0.15) is 5.75 Å². The second-order valence-electron chi connectivity index (χ2n) is 4.56. The molecule has 1 aromatic carbocycles. The van der Waals surface area contributed by atoms with Crippen LogP contribution in [0.15, 0.2) is 24.3 Å². The van der Waals surface area contributed by atoms with E-state index in [1.807, 2.05) is 0 Å². The van der Waals surface area contributed by atoms with Crippen LogP contribution in [0.3, 0.4) is 0 Å². The molecule has 1 atom stereocenters. The van der Waals surface area contributed by atoms with Gasteiger partial charge in [-0.3, -0.25) is 9.59 Å². The fourth-order valence-corrected chi connectivity index (χ4v) is 2.21. The van der Waals surface area contributed by atoms with Gasteiger partial charge < -0.3 is 19.5 Å². The summed E-state index contributed by atoms with van der Waals surface area (Å²) in [5.74, 6) is -0.540. The van der Waals surface area contributed by atoms with E-state index in [-0.39, 0.29) is 18.9 Å². The van der Waals surface area contributed by atoms with Crippen LogP contribution in [0.1, 0.15) is 16.8 Å². The van der Waals surface area contributed by atoms with Gasteiger partial charge in [-0.05, 0) is 18.2 Å². The first-order valence-corrected chi connectivity index (χ1v) is 6.36. The summed E-state index contributed by atoms with van der Waals surface area (Å²) in [5.41, 5.74) is 0.488. The predicted octanol–water partition coefficient (Wildman–Crippen LogP) is 1.01. The van der Waals surface area contributed by atoms with Crippen LogP contribution in [0.4, 0.5) is 0 Å². The number of carboxylic acids is 1. The van der Waals surface area contributed by atoms with Crippen molar-refractivity contribution in [1.82, 2.24) is 4.90 Å². The highest BCUT2D eigenvalue weighted by molar-refractivity contribution is 5.95. The van der Waals surface area contributed by atoms with Crippen LogP contribution in [0.5, 0.6) is 5.75 Å². The van der Waals surface area contributed by atoms with Crippen molar-refractivity contribution in [2.75, 3.05) is 26.9 Å². The zero-order valence-electron chi connectivity index (χ0n) is 11.2. The SMILES string of the molecule is COc1cccc(C(=O)N2CCOCC2CC(=O)O)c1. The number of rotatable bonds is 4. The molecule has 0 bridgehead atoms. The lowest BCUT2D eigenvalue weighted by atomic mass is 10.1. The molecule has 1 aromatic rings. The van der Waals surface area contributed by atoms with Crippen molar-refractivity contribution in [3.05, 3.63) is 29.8 Å². The van der Waals surface area contributed by atoms with Crippen LogP contribution < -0.4 is 4.74 Å². The zero-order chi connectivity index (χ0) is 14.5. The minimum Gasteiger partial charge on any atom is -0.497 e. The van der Waals surface area contributed by atoms with E-state index in [9.17, 15) is 9.59 Å². The average Bonchev–Trinajstić information content (AvgIpc) is 2.46. The fourth-order valence-electron chi connectivity index (χ4n) is 2.21. The Bertz CT molecular complexity index is 502. The maximum absolute atomic E-state index is 12.5. The molecule has 6 heteroatoms. The van der Waals surface area contributed by atoms with Crippen molar-refractivity contribution < 1.29 is 24.2 Å². The van der Waals surface area contributed by atoms with Gasteiger partial charge in [-0.1, -0.05) is 6.07 Å². The minimum absolute atomic E-state index is 0.115. The summed E-state index contributed by atoms with van der Waals surface area (Å²) < 4.78 is 10.4. The van der Waals surface area contributed by atoms with Crippen molar-refractivity contribution in [3.63, 3.8) is 0 Å². The molecule has 1 aliphatic rings. The number of carbonyl (C=O) groups is 2. The van der Waals surface area contributed by atoms with E-state index in [1.165, 1.54) is 7.11 Å². The highest BCUT2D eigenvalue weighted by Gasteiger charge is 2.29. The maximum Gasteiger partial charge on any atom is 0.305 e. The third kappa shape index (κ3) is 3.27. The number of hydrogen-bond acceptors (Lipinski definition) is 4. The van der Waals surface area contributed by atoms with Crippen molar-refractivity contribution in [1.29, 1.82) is 0 Å². The molecule has 0 aromatic heterocycles. The van der Waals surface area contributed by atoms with Gasteiger partial charge in [0, 0.05) is 12.1 Å². The van der Waals surface area contributed by atoms with E-state index in [2.05, 4.69) is 0 Å². The maximum atomic E-state index is 12.5. The summed E-state index contributed by atoms with van der Waals surface area (Å²) in [4.78, 5) is 24.9. The molecule has 1 fully saturated rings. The summed E-state index contributed by atoms with van der Waals surface area (Å²) >= 11 is 0. The molecule has 0 saturated carbocycles. The van der Waals surface area contributed by atoms with E-state index in [0.29, 0.717) is 24.5 Å². The summed E-state index contributed by atoms with van der Waals surface area (Å²) in [6, 6.07) is 6.40. The van der Waals surface area contributed by atoms with Crippen LogP contribution in [-0.4, -0.2) is 54.8 Å². The van der Waals surface area contributed by atoms with E-state index in [1.54, 1.807) is 29.2 Å². The van der Waals surface area contributed by atoms with Crippen LogP contribution >= 0.6 is 0 Å². The number of nitrogens with zero attached hydrogens (tertiary/aromatic N) is 1. The molecule has 2 rings (SSSR count). The molecule has 1 N–H and O–H groups in total. The molecule has 108 valence electrons. The highest BCUT2D eigenvalue weighted by atomic mass is 16.5. The largest absolute Gasteiger partial charge is 0.497 e. The fraction of sp³-hybridized carbons (Fsp3) is 0.429. The van der Waals surface area contributed by atoms with Crippen LogP contribution in [-0.2, 0) is 9.53 Å². The van der Waals surface area contributed by atoms with E-state index >= 15 is 0 Å². The molecule has 1 saturated heterocycles. The quantitative estimate of drug-likeness (QED) is 0.890. The van der Waals surface area contributed by atoms with Crippen LogP contribution in [0.2, 0.25) is 0 Å². The number of amides is 1. The van der Waals surface area contributed by atoms with Gasteiger partial charge in [-0.2, -0.15) is 0 Å². The molecule has 0 radical (unpaired) electrons. The monoisotopic (exact) mass is 279 g/mol. The molecular formula is C14H17NO5.